The van der Waals surface area contributed by atoms with Crippen molar-refractivity contribution in [3.63, 3.8) is 0 Å². The molecule has 102 valence electrons. The van der Waals surface area contributed by atoms with E-state index in [9.17, 15) is 0 Å². The zero-order valence-corrected chi connectivity index (χ0v) is 11.6. The molecule has 0 bridgehead atoms. The Hall–Kier alpha value is -2.81. The molecule has 6 heteroatoms. The van der Waals surface area contributed by atoms with E-state index < -0.39 is 0 Å². The molecule has 0 saturated carbocycles. The van der Waals surface area contributed by atoms with Crippen molar-refractivity contribution in [3.8, 4) is 11.8 Å². The van der Waals surface area contributed by atoms with Gasteiger partial charge in [-0.05, 0) is 18.2 Å². The highest BCUT2D eigenvalue weighted by Crippen LogP contribution is 2.34. The second kappa shape index (κ2) is 5.89. The van der Waals surface area contributed by atoms with Crippen LogP contribution in [0.15, 0.2) is 30.6 Å². The van der Waals surface area contributed by atoms with Gasteiger partial charge in [0, 0.05) is 19.8 Å². The van der Waals surface area contributed by atoms with Crippen LogP contribution in [0.2, 0.25) is 0 Å². The molecular weight excluding hydrogens is 254 g/mol. The number of ether oxygens (including phenoxy) is 1. The van der Waals surface area contributed by atoms with Crippen molar-refractivity contribution in [1.82, 2.24) is 9.97 Å². The molecule has 2 rings (SSSR count). The third kappa shape index (κ3) is 2.47. The number of nitrogens with one attached hydrogen (secondary N) is 1. The van der Waals surface area contributed by atoms with Gasteiger partial charge in [-0.1, -0.05) is 6.07 Å². The Bertz CT molecular complexity index is 650. The summed E-state index contributed by atoms with van der Waals surface area (Å²) in [6, 6.07) is 9.41. The van der Waals surface area contributed by atoms with Crippen molar-refractivity contribution >= 4 is 17.3 Å². The number of rotatable bonds is 4. The predicted octanol–water partition coefficient (Wildman–Crippen LogP) is 2.17. The maximum Gasteiger partial charge on any atom is 0.204 e. The predicted molar refractivity (Wildman–Crippen MR) is 77.4 cm³/mol. The normalized spacial score (nSPS) is 9.70. The number of anilines is 3. The fraction of sp³-hybridized carbons (Fsp3) is 0.214. The van der Waals surface area contributed by atoms with Gasteiger partial charge in [0.05, 0.1) is 18.7 Å². The lowest BCUT2D eigenvalue weighted by Crippen LogP contribution is -2.14. The highest BCUT2D eigenvalue weighted by atomic mass is 16.5. The van der Waals surface area contributed by atoms with E-state index in [1.54, 1.807) is 26.3 Å². The van der Waals surface area contributed by atoms with Crippen LogP contribution in [-0.4, -0.2) is 31.2 Å². The summed E-state index contributed by atoms with van der Waals surface area (Å²) in [5, 5.41) is 11.9. The highest BCUT2D eigenvalue weighted by molar-refractivity contribution is 5.71. The molecule has 1 aromatic heterocycles. The molecule has 2 aromatic rings. The molecule has 0 aliphatic rings. The van der Waals surface area contributed by atoms with Crippen molar-refractivity contribution in [3.05, 3.63) is 36.2 Å². The molecule has 0 unspecified atom stereocenters. The number of nitrogens with zero attached hydrogens (tertiary/aromatic N) is 4. The third-order valence-corrected chi connectivity index (χ3v) is 2.91. The maximum atomic E-state index is 8.97. The maximum absolute atomic E-state index is 8.97. The second-order valence-electron chi connectivity index (χ2n) is 4.05. The SMILES string of the molecule is CNc1ncnc(N(C)c2cccc(C#N)c2)c1OC. The standard InChI is InChI=1S/C14H15N5O/c1-16-13-12(20-3)14(18-9-17-13)19(2)11-6-4-5-10(7-11)8-15/h4-7,9H,1-3H3,(H,16,17,18). The molecule has 1 N–H and O–H groups in total. The Kier molecular flexibility index (Phi) is 4.01. The van der Waals surface area contributed by atoms with Crippen LogP contribution in [-0.2, 0) is 0 Å². The molecule has 1 aromatic carbocycles. The Morgan fingerprint density at radius 1 is 1.35 bits per heavy atom. The summed E-state index contributed by atoms with van der Waals surface area (Å²) in [4.78, 5) is 10.2. The number of aromatic nitrogens is 2. The zero-order chi connectivity index (χ0) is 14.5. The molecule has 0 aliphatic heterocycles. The van der Waals surface area contributed by atoms with E-state index in [0.717, 1.165) is 5.69 Å². The van der Waals surface area contributed by atoms with Gasteiger partial charge in [0.1, 0.15) is 6.33 Å². The van der Waals surface area contributed by atoms with Gasteiger partial charge in [0.2, 0.25) is 5.75 Å². The first-order chi connectivity index (χ1) is 9.71. The molecule has 0 aliphatic carbocycles. The fourth-order valence-corrected chi connectivity index (χ4v) is 1.88. The topological polar surface area (TPSA) is 74.1 Å². The van der Waals surface area contributed by atoms with E-state index in [0.29, 0.717) is 22.9 Å². The summed E-state index contributed by atoms with van der Waals surface area (Å²) in [5.41, 5.74) is 1.44. The molecule has 0 amide bonds. The summed E-state index contributed by atoms with van der Waals surface area (Å²) in [6.45, 7) is 0. The summed E-state index contributed by atoms with van der Waals surface area (Å²) in [5.74, 6) is 1.79. The van der Waals surface area contributed by atoms with Crippen LogP contribution in [0, 0.1) is 11.3 Å². The lowest BCUT2D eigenvalue weighted by atomic mass is 10.2. The first-order valence-corrected chi connectivity index (χ1v) is 6.02. The van der Waals surface area contributed by atoms with Gasteiger partial charge < -0.3 is 15.0 Å². The van der Waals surface area contributed by atoms with E-state index in [2.05, 4.69) is 21.4 Å². The summed E-state index contributed by atoms with van der Waals surface area (Å²) >= 11 is 0. The molecule has 0 fully saturated rings. The molecule has 1 heterocycles. The van der Waals surface area contributed by atoms with Gasteiger partial charge in [-0.25, -0.2) is 9.97 Å². The Morgan fingerprint density at radius 2 is 2.15 bits per heavy atom. The van der Waals surface area contributed by atoms with Crippen LogP contribution >= 0.6 is 0 Å². The largest absolute Gasteiger partial charge is 0.490 e. The number of hydrogen-bond donors (Lipinski definition) is 1. The van der Waals surface area contributed by atoms with Crippen LogP contribution in [0.3, 0.4) is 0 Å². The minimum absolute atomic E-state index is 0.555. The number of hydrogen-bond acceptors (Lipinski definition) is 6. The van der Waals surface area contributed by atoms with E-state index >= 15 is 0 Å². The molecule has 6 nitrogen and oxygen atoms in total. The average molecular weight is 269 g/mol. The number of benzene rings is 1. The van der Waals surface area contributed by atoms with Crippen LogP contribution in [0.25, 0.3) is 0 Å². The molecule has 0 radical (unpaired) electrons. The van der Waals surface area contributed by atoms with Gasteiger partial charge in [-0.15, -0.1) is 0 Å². The summed E-state index contributed by atoms with van der Waals surface area (Å²) < 4.78 is 5.37. The van der Waals surface area contributed by atoms with Crippen molar-refractivity contribution < 1.29 is 4.74 Å². The smallest absolute Gasteiger partial charge is 0.204 e. The van der Waals surface area contributed by atoms with E-state index in [1.807, 2.05) is 24.1 Å². The molecule has 0 saturated heterocycles. The number of nitriles is 1. The van der Waals surface area contributed by atoms with Gasteiger partial charge in [0.25, 0.3) is 0 Å². The van der Waals surface area contributed by atoms with Crippen LogP contribution in [0.1, 0.15) is 5.56 Å². The van der Waals surface area contributed by atoms with Gasteiger partial charge >= 0.3 is 0 Å². The van der Waals surface area contributed by atoms with Crippen molar-refractivity contribution in [1.29, 1.82) is 5.26 Å². The Labute approximate surface area is 117 Å². The quantitative estimate of drug-likeness (QED) is 0.916. The lowest BCUT2D eigenvalue weighted by Gasteiger charge is -2.21. The van der Waals surface area contributed by atoms with Gasteiger partial charge in [-0.3, -0.25) is 0 Å². The molecule has 0 atom stereocenters. The first kappa shape index (κ1) is 13.6. The Morgan fingerprint density at radius 3 is 2.80 bits per heavy atom. The molecular formula is C14H15N5O. The molecule has 20 heavy (non-hydrogen) atoms. The van der Waals surface area contributed by atoms with Crippen molar-refractivity contribution in [2.24, 2.45) is 0 Å². The zero-order valence-electron chi connectivity index (χ0n) is 11.6. The highest BCUT2D eigenvalue weighted by Gasteiger charge is 2.16. The van der Waals surface area contributed by atoms with Gasteiger partial charge in [-0.2, -0.15) is 5.26 Å². The Balaban J connectivity index is 2.47. The average Bonchev–Trinajstić information content (AvgIpc) is 2.53. The minimum atomic E-state index is 0.555. The fourth-order valence-electron chi connectivity index (χ4n) is 1.88. The van der Waals surface area contributed by atoms with E-state index in [1.165, 1.54) is 6.33 Å². The first-order valence-electron chi connectivity index (χ1n) is 6.02. The van der Waals surface area contributed by atoms with Crippen LogP contribution in [0.5, 0.6) is 5.75 Å². The minimum Gasteiger partial charge on any atom is -0.490 e. The third-order valence-electron chi connectivity index (χ3n) is 2.91. The summed E-state index contributed by atoms with van der Waals surface area (Å²) in [6.07, 6.45) is 1.47. The molecule has 0 spiro atoms. The van der Waals surface area contributed by atoms with Crippen LogP contribution in [0.4, 0.5) is 17.3 Å². The summed E-state index contributed by atoms with van der Waals surface area (Å²) in [7, 11) is 5.20. The van der Waals surface area contributed by atoms with E-state index in [-0.39, 0.29) is 0 Å². The van der Waals surface area contributed by atoms with E-state index in [4.69, 9.17) is 10.00 Å². The van der Waals surface area contributed by atoms with Gasteiger partial charge in [0.15, 0.2) is 11.6 Å². The number of methoxy groups -OCH3 is 1. The van der Waals surface area contributed by atoms with Crippen molar-refractivity contribution in [2.45, 2.75) is 0 Å². The monoisotopic (exact) mass is 269 g/mol. The lowest BCUT2D eigenvalue weighted by molar-refractivity contribution is 0.414. The van der Waals surface area contributed by atoms with Crippen molar-refractivity contribution in [2.75, 3.05) is 31.4 Å². The second-order valence-corrected chi connectivity index (χ2v) is 4.05. The van der Waals surface area contributed by atoms with Crippen LogP contribution < -0.4 is 15.0 Å².